The summed E-state index contributed by atoms with van der Waals surface area (Å²) in [7, 11) is 0. The van der Waals surface area contributed by atoms with E-state index in [1.54, 1.807) is 0 Å². The van der Waals surface area contributed by atoms with Crippen LogP contribution < -0.4 is 0 Å². The van der Waals surface area contributed by atoms with Gasteiger partial charge in [0, 0.05) is 12.5 Å². The number of nitrogens with zero attached hydrogens (tertiary/aromatic N) is 2. The number of rotatable bonds is 2. The fourth-order valence-corrected chi connectivity index (χ4v) is 2.85. The maximum atomic E-state index is 4.35. The predicted octanol–water partition coefficient (Wildman–Crippen LogP) is 3.32. The van der Waals surface area contributed by atoms with E-state index in [-0.39, 0.29) is 0 Å². The number of aryl methyl sites for hydroxylation is 1. The molecule has 0 bridgehead atoms. The van der Waals surface area contributed by atoms with Gasteiger partial charge in [0.1, 0.15) is 0 Å². The van der Waals surface area contributed by atoms with Crippen molar-refractivity contribution in [1.82, 2.24) is 9.78 Å². The summed E-state index contributed by atoms with van der Waals surface area (Å²) in [5.74, 6) is 0.747. The van der Waals surface area contributed by atoms with Crippen LogP contribution in [-0.4, -0.2) is 9.78 Å². The summed E-state index contributed by atoms with van der Waals surface area (Å²) in [6.07, 6.45) is 7.36. The Balaban J connectivity index is 2.30. The van der Waals surface area contributed by atoms with Crippen LogP contribution in [0, 0.1) is 0 Å². The highest BCUT2D eigenvalue weighted by Gasteiger charge is 2.22. The maximum Gasteiger partial charge on any atom is 0.0635 e. The maximum absolute atomic E-state index is 4.35. The molecular weight excluding hydrogens is 228 g/mol. The van der Waals surface area contributed by atoms with Crippen LogP contribution in [-0.2, 0) is 6.54 Å². The summed E-state index contributed by atoms with van der Waals surface area (Å²) in [5.41, 5.74) is 1.42. The molecular formula is C10H15BrN2. The van der Waals surface area contributed by atoms with E-state index < -0.39 is 0 Å². The van der Waals surface area contributed by atoms with Gasteiger partial charge in [0.15, 0.2) is 0 Å². The van der Waals surface area contributed by atoms with Crippen LogP contribution in [0.2, 0.25) is 0 Å². The van der Waals surface area contributed by atoms with Crippen molar-refractivity contribution in [2.75, 3.05) is 0 Å². The highest BCUT2D eigenvalue weighted by Crippen LogP contribution is 2.37. The Bertz CT molecular complexity index is 287. The number of hydrogen-bond donors (Lipinski definition) is 0. The molecule has 1 fully saturated rings. The lowest BCUT2D eigenvalue weighted by atomic mass is 10.0. The molecule has 0 N–H and O–H groups in total. The third-order valence-electron chi connectivity index (χ3n) is 2.87. The van der Waals surface area contributed by atoms with Crippen LogP contribution in [0.1, 0.15) is 44.2 Å². The first-order valence-corrected chi connectivity index (χ1v) is 5.83. The zero-order valence-corrected chi connectivity index (χ0v) is 9.55. The van der Waals surface area contributed by atoms with Crippen molar-refractivity contribution in [3.8, 4) is 0 Å². The summed E-state index contributed by atoms with van der Waals surface area (Å²) in [6, 6.07) is 0. The molecule has 0 unspecified atom stereocenters. The lowest BCUT2D eigenvalue weighted by molar-refractivity contribution is 0.567. The lowest BCUT2D eigenvalue weighted by Crippen LogP contribution is -2.06. The second-order valence-electron chi connectivity index (χ2n) is 3.67. The van der Waals surface area contributed by atoms with E-state index in [1.807, 2.05) is 6.20 Å². The first kappa shape index (κ1) is 9.25. The molecule has 2 rings (SSSR count). The Labute approximate surface area is 87.5 Å². The van der Waals surface area contributed by atoms with Crippen molar-refractivity contribution < 1.29 is 0 Å². The second kappa shape index (κ2) is 3.82. The van der Waals surface area contributed by atoms with Gasteiger partial charge in [-0.2, -0.15) is 5.10 Å². The Hall–Kier alpha value is -0.310. The van der Waals surface area contributed by atoms with Crippen LogP contribution in [0.25, 0.3) is 0 Å². The Kier molecular flexibility index (Phi) is 2.72. The van der Waals surface area contributed by atoms with Crippen molar-refractivity contribution in [2.45, 2.75) is 45.1 Å². The topological polar surface area (TPSA) is 17.8 Å². The van der Waals surface area contributed by atoms with Crippen molar-refractivity contribution >= 4 is 15.9 Å². The highest BCUT2D eigenvalue weighted by atomic mass is 79.9. The van der Waals surface area contributed by atoms with Crippen molar-refractivity contribution in [3.63, 3.8) is 0 Å². The first-order chi connectivity index (χ1) is 6.33. The van der Waals surface area contributed by atoms with Crippen LogP contribution in [0.5, 0.6) is 0 Å². The summed E-state index contributed by atoms with van der Waals surface area (Å²) in [4.78, 5) is 0. The molecule has 1 heterocycles. The van der Waals surface area contributed by atoms with Crippen LogP contribution in [0.3, 0.4) is 0 Å². The number of aromatic nitrogens is 2. The fraction of sp³-hybridized carbons (Fsp3) is 0.700. The van der Waals surface area contributed by atoms with Gasteiger partial charge in [0.25, 0.3) is 0 Å². The zero-order valence-electron chi connectivity index (χ0n) is 7.96. The third kappa shape index (κ3) is 1.66. The minimum absolute atomic E-state index is 0.747. The normalized spacial score (nSPS) is 18.3. The molecule has 0 radical (unpaired) electrons. The lowest BCUT2D eigenvalue weighted by Gasteiger charge is -2.11. The minimum atomic E-state index is 0.747. The Morgan fingerprint density at radius 1 is 1.54 bits per heavy atom. The van der Waals surface area contributed by atoms with E-state index in [0.29, 0.717) is 0 Å². The Morgan fingerprint density at radius 3 is 2.85 bits per heavy atom. The molecule has 72 valence electrons. The van der Waals surface area contributed by atoms with E-state index >= 15 is 0 Å². The third-order valence-corrected chi connectivity index (χ3v) is 3.49. The fourth-order valence-electron chi connectivity index (χ4n) is 2.23. The van der Waals surface area contributed by atoms with Gasteiger partial charge in [0.2, 0.25) is 0 Å². The zero-order chi connectivity index (χ0) is 9.26. The number of hydrogen-bond acceptors (Lipinski definition) is 1. The van der Waals surface area contributed by atoms with Gasteiger partial charge >= 0.3 is 0 Å². The minimum Gasteiger partial charge on any atom is -0.268 e. The molecule has 0 saturated heterocycles. The summed E-state index contributed by atoms with van der Waals surface area (Å²) >= 11 is 3.58. The molecule has 0 amide bonds. The molecule has 0 spiro atoms. The standard InChI is InChI=1S/C10H15BrN2/c1-2-13-10(9(11)7-12-13)8-5-3-4-6-8/h7-8H,2-6H2,1H3. The molecule has 1 aromatic rings. The molecule has 0 aliphatic heterocycles. The van der Waals surface area contributed by atoms with Crippen molar-refractivity contribution in [2.24, 2.45) is 0 Å². The van der Waals surface area contributed by atoms with E-state index in [0.717, 1.165) is 12.5 Å². The first-order valence-electron chi connectivity index (χ1n) is 5.04. The van der Waals surface area contributed by atoms with Gasteiger partial charge in [-0.3, -0.25) is 4.68 Å². The smallest absolute Gasteiger partial charge is 0.0635 e. The van der Waals surface area contributed by atoms with Gasteiger partial charge in [0.05, 0.1) is 16.4 Å². The van der Waals surface area contributed by atoms with E-state index in [2.05, 4.69) is 32.6 Å². The predicted molar refractivity (Wildman–Crippen MR) is 56.8 cm³/mol. The van der Waals surface area contributed by atoms with E-state index in [9.17, 15) is 0 Å². The molecule has 1 aromatic heterocycles. The van der Waals surface area contributed by atoms with Crippen LogP contribution in [0.15, 0.2) is 10.7 Å². The molecule has 2 nitrogen and oxygen atoms in total. The summed E-state index contributed by atoms with van der Waals surface area (Å²) < 4.78 is 3.32. The van der Waals surface area contributed by atoms with E-state index in [4.69, 9.17) is 0 Å². The molecule has 1 aliphatic rings. The van der Waals surface area contributed by atoms with Crippen molar-refractivity contribution in [3.05, 3.63) is 16.4 Å². The quantitative estimate of drug-likeness (QED) is 0.779. The average Bonchev–Trinajstić information content (AvgIpc) is 2.72. The molecule has 13 heavy (non-hydrogen) atoms. The monoisotopic (exact) mass is 242 g/mol. The van der Waals surface area contributed by atoms with Gasteiger partial charge < -0.3 is 0 Å². The van der Waals surface area contributed by atoms with E-state index in [1.165, 1.54) is 35.8 Å². The second-order valence-corrected chi connectivity index (χ2v) is 4.53. The summed E-state index contributed by atoms with van der Waals surface area (Å²) in [6.45, 7) is 3.13. The summed E-state index contributed by atoms with van der Waals surface area (Å²) in [5, 5.41) is 4.35. The molecule has 0 aromatic carbocycles. The molecule has 1 aliphatic carbocycles. The van der Waals surface area contributed by atoms with Crippen molar-refractivity contribution in [1.29, 1.82) is 0 Å². The number of halogens is 1. The molecule has 1 saturated carbocycles. The van der Waals surface area contributed by atoms with Crippen LogP contribution in [0.4, 0.5) is 0 Å². The molecule has 0 atom stereocenters. The van der Waals surface area contributed by atoms with Crippen LogP contribution >= 0.6 is 15.9 Å². The average molecular weight is 243 g/mol. The Morgan fingerprint density at radius 2 is 2.23 bits per heavy atom. The van der Waals surface area contributed by atoms with Gasteiger partial charge in [-0.25, -0.2) is 0 Å². The SMILES string of the molecule is CCn1ncc(Br)c1C1CCCC1. The molecule has 3 heteroatoms. The largest absolute Gasteiger partial charge is 0.268 e. The van der Waals surface area contributed by atoms with Gasteiger partial charge in [-0.1, -0.05) is 12.8 Å². The van der Waals surface area contributed by atoms with Gasteiger partial charge in [-0.05, 0) is 35.7 Å². The van der Waals surface area contributed by atoms with Gasteiger partial charge in [-0.15, -0.1) is 0 Å². The highest BCUT2D eigenvalue weighted by molar-refractivity contribution is 9.10.